The zero-order chi connectivity index (χ0) is 18.6. The van der Waals surface area contributed by atoms with E-state index in [2.05, 4.69) is 5.32 Å². The van der Waals surface area contributed by atoms with Gasteiger partial charge >= 0.3 is 5.97 Å². The maximum atomic E-state index is 12.3. The highest BCUT2D eigenvalue weighted by atomic mass is 35.5. The van der Waals surface area contributed by atoms with Gasteiger partial charge < -0.3 is 20.5 Å². The third-order valence-corrected chi connectivity index (χ3v) is 3.84. The third kappa shape index (κ3) is 4.64. The summed E-state index contributed by atoms with van der Waals surface area (Å²) < 4.78 is 10.4. The van der Waals surface area contributed by atoms with E-state index < -0.39 is 18.0 Å². The number of carbonyl (C=O) groups excluding carboxylic acids is 2. The Labute approximate surface area is 150 Å². The molecule has 0 aliphatic rings. The highest BCUT2D eigenvalue weighted by molar-refractivity contribution is 6.33. The molecule has 0 radical (unpaired) electrons. The van der Waals surface area contributed by atoms with Crippen LogP contribution in [0.4, 0.5) is 11.4 Å². The Morgan fingerprint density at radius 1 is 1.20 bits per heavy atom. The predicted molar refractivity (Wildman–Crippen MR) is 97.1 cm³/mol. The molecule has 0 aliphatic heterocycles. The first kappa shape index (κ1) is 18.6. The van der Waals surface area contributed by atoms with Gasteiger partial charge in [-0.25, -0.2) is 4.79 Å². The molecule has 2 aromatic carbocycles. The van der Waals surface area contributed by atoms with Gasteiger partial charge in [0.1, 0.15) is 5.75 Å². The maximum Gasteiger partial charge on any atom is 0.338 e. The zero-order valence-corrected chi connectivity index (χ0v) is 14.9. The second-order valence-corrected chi connectivity index (χ2v) is 5.88. The standard InChI is InChI=1S/C18H19ClN2O4/c1-10-4-7-16(24-3)15(8-10)21-17(22)11(2)25-18(23)12-5-6-13(19)14(20)9-12/h4-9,11H,20H2,1-3H3,(H,21,22)/t11-/m0/s1. The Morgan fingerprint density at radius 2 is 1.92 bits per heavy atom. The summed E-state index contributed by atoms with van der Waals surface area (Å²) in [6.07, 6.45) is -1.00. The average molecular weight is 363 g/mol. The van der Waals surface area contributed by atoms with Gasteiger partial charge in [0.15, 0.2) is 6.10 Å². The number of hydrogen-bond acceptors (Lipinski definition) is 5. The van der Waals surface area contributed by atoms with E-state index in [4.69, 9.17) is 26.8 Å². The van der Waals surface area contributed by atoms with Crippen molar-refractivity contribution in [2.24, 2.45) is 0 Å². The Bertz CT molecular complexity index is 808. The van der Waals surface area contributed by atoms with Crippen molar-refractivity contribution in [3.8, 4) is 5.75 Å². The number of nitrogens with two attached hydrogens (primary N) is 1. The van der Waals surface area contributed by atoms with Crippen molar-refractivity contribution in [2.75, 3.05) is 18.2 Å². The molecule has 1 atom stereocenters. The molecular formula is C18H19ClN2O4. The van der Waals surface area contributed by atoms with Crippen molar-refractivity contribution in [2.45, 2.75) is 20.0 Å². The number of benzene rings is 2. The molecule has 0 aliphatic carbocycles. The summed E-state index contributed by atoms with van der Waals surface area (Å²) in [5, 5.41) is 3.03. The lowest BCUT2D eigenvalue weighted by atomic mass is 10.2. The summed E-state index contributed by atoms with van der Waals surface area (Å²) in [7, 11) is 1.51. The van der Waals surface area contributed by atoms with E-state index in [1.54, 1.807) is 12.1 Å². The molecule has 0 saturated carbocycles. The van der Waals surface area contributed by atoms with Crippen molar-refractivity contribution >= 4 is 34.9 Å². The normalized spacial score (nSPS) is 11.5. The van der Waals surface area contributed by atoms with Gasteiger partial charge in [-0.1, -0.05) is 17.7 Å². The molecular weight excluding hydrogens is 344 g/mol. The largest absolute Gasteiger partial charge is 0.495 e. The number of amides is 1. The van der Waals surface area contributed by atoms with Crippen LogP contribution in [0.3, 0.4) is 0 Å². The zero-order valence-electron chi connectivity index (χ0n) is 14.1. The Morgan fingerprint density at radius 3 is 2.56 bits per heavy atom. The fourth-order valence-corrected chi connectivity index (χ4v) is 2.22. The molecule has 25 heavy (non-hydrogen) atoms. The number of nitrogens with one attached hydrogen (secondary N) is 1. The van der Waals surface area contributed by atoms with Gasteiger partial charge in [0, 0.05) is 0 Å². The Balaban J connectivity index is 2.06. The highest BCUT2D eigenvalue weighted by Crippen LogP contribution is 2.25. The van der Waals surface area contributed by atoms with E-state index in [1.807, 2.05) is 13.0 Å². The molecule has 0 spiro atoms. The minimum Gasteiger partial charge on any atom is -0.495 e. The van der Waals surface area contributed by atoms with Gasteiger partial charge in [-0.2, -0.15) is 0 Å². The lowest BCUT2D eigenvalue weighted by Gasteiger charge is -2.16. The van der Waals surface area contributed by atoms with Crippen LogP contribution in [0.2, 0.25) is 5.02 Å². The molecule has 7 heteroatoms. The number of anilines is 2. The fourth-order valence-electron chi connectivity index (χ4n) is 2.11. The smallest absolute Gasteiger partial charge is 0.338 e. The molecule has 6 nitrogen and oxygen atoms in total. The molecule has 2 rings (SSSR count). The van der Waals surface area contributed by atoms with Crippen molar-refractivity contribution < 1.29 is 19.1 Å². The molecule has 0 heterocycles. The average Bonchev–Trinajstić information content (AvgIpc) is 2.57. The minimum atomic E-state index is -1.00. The van der Waals surface area contributed by atoms with Crippen LogP contribution in [0.15, 0.2) is 36.4 Å². The highest BCUT2D eigenvalue weighted by Gasteiger charge is 2.20. The molecule has 132 valence electrons. The van der Waals surface area contributed by atoms with Crippen LogP contribution in [0.1, 0.15) is 22.8 Å². The number of methoxy groups -OCH3 is 1. The minimum absolute atomic E-state index is 0.217. The quantitative estimate of drug-likeness (QED) is 0.628. The van der Waals surface area contributed by atoms with Crippen LogP contribution in [0, 0.1) is 6.92 Å². The number of carbonyl (C=O) groups is 2. The lowest BCUT2D eigenvalue weighted by Crippen LogP contribution is -2.30. The van der Waals surface area contributed by atoms with Crippen molar-refractivity contribution in [1.29, 1.82) is 0 Å². The summed E-state index contributed by atoms with van der Waals surface area (Å²) >= 11 is 5.82. The van der Waals surface area contributed by atoms with Gasteiger partial charge in [0.2, 0.25) is 0 Å². The van der Waals surface area contributed by atoms with Gasteiger partial charge in [-0.05, 0) is 49.7 Å². The van der Waals surface area contributed by atoms with Gasteiger partial charge in [0.25, 0.3) is 5.91 Å². The second-order valence-electron chi connectivity index (χ2n) is 5.48. The predicted octanol–water partition coefficient (Wildman–Crippen LogP) is 3.42. The lowest BCUT2D eigenvalue weighted by molar-refractivity contribution is -0.123. The van der Waals surface area contributed by atoms with E-state index in [9.17, 15) is 9.59 Å². The van der Waals surface area contributed by atoms with Crippen LogP contribution in [0.5, 0.6) is 5.75 Å². The van der Waals surface area contributed by atoms with Crippen molar-refractivity contribution in [1.82, 2.24) is 0 Å². The summed E-state index contributed by atoms with van der Waals surface area (Å²) in [5.74, 6) is -0.621. The van der Waals surface area contributed by atoms with Crippen LogP contribution >= 0.6 is 11.6 Å². The van der Waals surface area contributed by atoms with Crippen molar-refractivity contribution in [3.63, 3.8) is 0 Å². The number of hydrogen-bond donors (Lipinski definition) is 2. The fraction of sp³-hybridized carbons (Fsp3) is 0.222. The Hall–Kier alpha value is -2.73. The first-order valence-corrected chi connectivity index (χ1v) is 7.91. The molecule has 0 fully saturated rings. The molecule has 0 aromatic heterocycles. The van der Waals surface area contributed by atoms with Crippen LogP contribution in [-0.2, 0) is 9.53 Å². The molecule has 3 N–H and O–H groups in total. The van der Waals surface area contributed by atoms with E-state index >= 15 is 0 Å². The number of aryl methyl sites for hydroxylation is 1. The summed E-state index contributed by atoms with van der Waals surface area (Å²) in [6, 6.07) is 9.76. The summed E-state index contributed by atoms with van der Waals surface area (Å²) in [6.45, 7) is 3.37. The number of rotatable bonds is 5. The van der Waals surface area contributed by atoms with E-state index in [1.165, 1.54) is 32.2 Å². The van der Waals surface area contributed by atoms with E-state index in [-0.39, 0.29) is 11.3 Å². The molecule has 0 bridgehead atoms. The molecule has 0 unspecified atom stereocenters. The van der Waals surface area contributed by atoms with Crippen LogP contribution in [0.25, 0.3) is 0 Å². The summed E-state index contributed by atoms with van der Waals surface area (Å²) in [4.78, 5) is 24.4. The number of halogens is 1. The second kappa shape index (κ2) is 7.90. The first-order valence-electron chi connectivity index (χ1n) is 7.53. The summed E-state index contributed by atoms with van der Waals surface area (Å²) in [5.41, 5.74) is 7.61. The van der Waals surface area contributed by atoms with E-state index in [0.717, 1.165) is 5.56 Å². The monoisotopic (exact) mass is 362 g/mol. The van der Waals surface area contributed by atoms with E-state index in [0.29, 0.717) is 16.5 Å². The van der Waals surface area contributed by atoms with Gasteiger partial charge in [-0.3, -0.25) is 4.79 Å². The first-order chi connectivity index (χ1) is 11.8. The van der Waals surface area contributed by atoms with Crippen LogP contribution in [-0.4, -0.2) is 25.1 Å². The number of ether oxygens (including phenoxy) is 2. The van der Waals surface area contributed by atoms with Gasteiger partial charge in [0.05, 0.1) is 29.1 Å². The number of nitrogen functional groups attached to an aromatic ring is 1. The maximum absolute atomic E-state index is 12.3. The topological polar surface area (TPSA) is 90.6 Å². The number of esters is 1. The Kier molecular flexibility index (Phi) is 5.88. The molecule has 2 aromatic rings. The molecule has 0 saturated heterocycles. The van der Waals surface area contributed by atoms with Crippen molar-refractivity contribution in [3.05, 3.63) is 52.5 Å². The van der Waals surface area contributed by atoms with Crippen LogP contribution < -0.4 is 15.8 Å². The van der Waals surface area contributed by atoms with Gasteiger partial charge in [-0.15, -0.1) is 0 Å². The molecule has 1 amide bonds. The third-order valence-electron chi connectivity index (χ3n) is 3.50. The SMILES string of the molecule is COc1ccc(C)cc1NC(=O)[C@H](C)OC(=O)c1ccc(Cl)c(N)c1.